The smallest absolute Gasteiger partial charge is 0.329 e. The van der Waals surface area contributed by atoms with E-state index in [1.54, 1.807) is 36.9 Å². The molecule has 156 valence electrons. The number of nitrogens with zero attached hydrogens (tertiary/aromatic N) is 6. The van der Waals surface area contributed by atoms with Crippen LogP contribution in [0.5, 0.6) is 0 Å². The average Bonchev–Trinajstić information content (AvgIpc) is 3.23. The maximum Gasteiger partial charge on any atom is 0.433 e. The lowest BCUT2D eigenvalue weighted by molar-refractivity contribution is -0.141. The van der Waals surface area contributed by atoms with Gasteiger partial charge in [-0.3, -0.25) is 24.7 Å². The molecule has 0 aliphatic rings. The first kappa shape index (κ1) is 20.3. The first-order valence-corrected chi connectivity index (χ1v) is 9.17. The van der Waals surface area contributed by atoms with Crippen LogP contribution in [0.4, 0.5) is 13.2 Å². The van der Waals surface area contributed by atoms with Gasteiger partial charge in [-0.25, -0.2) is 4.98 Å². The molecule has 0 aromatic carbocycles. The summed E-state index contributed by atoms with van der Waals surface area (Å²) >= 11 is 0. The number of imidazole rings is 1. The molecule has 0 N–H and O–H groups in total. The molecule has 0 bridgehead atoms. The highest BCUT2D eigenvalue weighted by atomic mass is 19.4. The predicted molar refractivity (Wildman–Crippen MR) is 104 cm³/mol. The Balaban J connectivity index is 1.40. The van der Waals surface area contributed by atoms with Crippen molar-refractivity contribution in [1.29, 1.82) is 0 Å². The van der Waals surface area contributed by atoms with Crippen molar-refractivity contribution < 1.29 is 18.0 Å². The second-order valence-electron chi connectivity index (χ2n) is 6.72. The highest BCUT2D eigenvalue weighted by Crippen LogP contribution is 2.30. The Kier molecular flexibility index (Phi) is 5.52. The van der Waals surface area contributed by atoms with Crippen LogP contribution in [0.15, 0.2) is 67.8 Å². The lowest BCUT2D eigenvalue weighted by Crippen LogP contribution is -2.11. The third-order valence-corrected chi connectivity index (χ3v) is 4.39. The van der Waals surface area contributed by atoms with Crippen LogP contribution in [0.3, 0.4) is 0 Å². The number of aromatic nitrogens is 6. The molecule has 0 saturated carbocycles. The highest BCUT2D eigenvalue weighted by Gasteiger charge is 2.32. The largest absolute Gasteiger partial charge is 0.433 e. The van der Waals surface area contributed by atoms with Crippen molar-refractivity contribution in [3.63, 3.8) is 0 Å². The standard InChI is InChI=1S/C21H15F3N6O/c22-21(23,24)20-8-15(3-4-27-20)19-12-30(13-29-19)11-16(31)7-14-1-2-17(28-9-14)18-10-25-5-6-26-18/h1-6,8-10,12-13H,7,11H2. The second-order valence-corrected chi connectivity index (χ2v) is 6.72. The number of hydrogen-bond acceptors (Lipinski definition) is 6. The fourth-order valence-electron chi connectivity index (χ4n) is 2.94. The molecular weight excluding hydrogens is 409 g/mol. The molecule has 0 aliphatic heterocycles. The Labute approximate surface area is 174 Å². The molecule has 0 saturated heterocycles. The Hall–Kier alpha value is -3.95. The summed E-state index contributed by atoms with van der Waals surface area (Å²) in [5, 5.41) is 0. The third-order valence-electron chi connectivity index (χ3n) is 4.39. The zero-order valence-corrected chi connectivity index (χ0v) is 16.0. The van der Waals surface area contributed by atoms with Crippen molar-refractivity contribution in [3.8, 4) is 22.6 Å². The van der Waals surface area contributed by atoms with Gasteiger partial charge in [0, 0.05) is 43.0 Å². The van der Waals surface area contributed by atoms with E-state index in [1.165, 1.54) is 23.2 Å². The Bertz CT molecular complexity index is 1190. The summed E-state index contributed by atoms with van der Waals surface area (Å²) in [6, 6.07) is 5.93. The van der Waals surface area contributed by atoms with E-state index in [1.807, 2.05) is 0 Å². The predicted octanol–water partition coefficient (Wildman–Crippen LogP) is 3.63. The van der Waals surface area contributed by atoms with E-state index in [0.717, 1.165) is 17.8 Å². The van der Waals surface area contributed by atoms with Crippen LogP contribution >= 0.6 is 0 Å². The van der Waals surface area contributed by atoms with Gasteiger partial charge in [0.05, 0.1) is 30.5 Å². The fraction of sp³-hybridized carbons (Fsp3) is 0.143. The van der Waals surface area contributed by atoms with Crippen LogP contribution in [-0.2, 0) is 23.9 Å². The molecular formula is C21H15F3N6O. The molecule has 4 heterocycles. The zero-order valence-electron chi connectivity index (χ0n) is 16.0. The van der Waals surface area contributed by atoms with Gasteiger partial charge in [-0.05, 0) is 23.8 Å². The quantitative estimate of drug-likeness (QED) is 0.470. The van der Waals surface area contributed by atoms with Gasteiger partial charge < -0.3 is 4.57 Å². The van der Waals surface area contributed by atoms with Crippen LogP contribution in [0.2, 0.25) is 0 Å². The third kappa shape index (κ3) is 4.97. The molecule has 10 heteroatoms. The lowest BCUT2D eigenvalue weighted by atomic mass is 10.1. The molecule has 0 aliphatic carbocycles. The molecule has 0 spiro atoms. The van der Waals surface area contributed by atoms with Crippen molar-refractivity contribution in [2.24, 2.45) is 0 Å². The summed E-state index contributed by atoms with van der Waals surface area (Å²) in [5.74, 6) is -0.0938. The van der Waals surface area contributed by atoms with E-state index >= 15 is 0 Å². The van der Waals surface area contributed by atoms with Crippen molar-refractivity contribution in [1.82, 2.24) is 29.5 Å². The van der Waals surface area contributed by atoms with Gasteiger partial charge in [0.25, 0.3) is 0 Å². The minimum absolute atomic E-state index is 0.0378. The van der Waals surface area contributed by atoms with Gasteiger partial charge in [0.2, 0.25) is 0 Å². The number of carbonyl (C=O) groups excluding carboxylic acids is 1. The Morgan fingerprint density at radius 1 is 0.903 bits per heavy atom. The molecule has 4 aromatic rings. The molecule has 7 nitrogen and oxygen atoms in total. The number of carbonyl (C=O) groups is 1. The van der Waals surface area contributed by atoms with Crippen molar-refractivity contribution in [2.75, 3.05) is 0 Å². The second kappa shape index (κ2) is 8.42. The van der Waals surface area contributed by atoms with Crippen LogP contribution in [0, 0.1) is 0 Å². The molecule has 0 amide bonds. The van der Waals surface area contributed by atoms with E-state index in [2.05, 4.69) is 24.9 Å². The molecule has 0 radical (unpaired) electrons. The van der Waals surface area contributed by atoms with Gasteiger partial charge in [0.1, 0.15) is 11.4 Å². The van der Waals surface area contributed by atoms with Gasteiger partial charge in [-0.15, -0.1) is 0 Å². The van der Waals surface area contributed by atoms with E-state index in [4.69, 9.17) is 0 Å². The van der Waals surface area contributed by atoms with Crippen LogP contribution in [-0.4, -0.2) is 35.3 Å². The first-order chi connectivity index (χ1) is 14.9. The SMILES string of the molecule is O=C(Cc1ccc(-c2cnccn2)nc1)Cn1cnc(-c2ccnc(C(F)(F)F)c2)c1. The van der Waals surface area contributed by atoms with Gasteiger partial charge in [0.15, 0.2) is 5.78 Å². The number of alkyl halides is 3. The van der Waals surface area contributed by atoms with Crippen LogP contribution in [0.25, 0.3) is 22.6 Å². The molecule has 0 fully saturated rings. The summed E-state index contributed by atoms with van der Waals surface area (Å²) in [5.41, 5.74) is 1.64. The number of rotatable bonds is 6. The minimum atomic E-state index is -4.54. The maximum absolute atomic E-state index is 12.8. The van der Waals surface area contributed by atoms with Gasteiger partial charge >= 0.3 is 6.18 Å². The number of pyridine rings is 2. The number of halogens is 3. The fourth-order valence-corrected chi connectivity index (χ4v) is 2.94. The lowest BCUT2D eigenvalue weighted by Gasteiger charge is -2.06. The van der Waals surface area contributed by atoms with E-state index < -0.39 is 11.9 Å². The van der Waals surface area contributed by atoms with Crippen LogP contribution in [0.1, 0.15) is 11.3 Å². The molecule has 4 aromatic heterocycles. The normalized spacial score (nSPS) is 11.5. The van der Waals surface area contributed by atoms with Gasteiger partial charge in [-0.2, -0.15) is 13.2 Å². The number of hydrogen-bond donors (Lipinski definition) is 0. The molecule has 31 heavy (non-hydrogen) atoms. The molecule has 4 rings (SSSR count). The molecule has 0 unspecified atom stereocenters. The maximum atomic E-state index is 12.8. The number of ketones is 1. The first-order valence-electron chi connectivity index (χ1n) is 9.17. The summed E-state index contributed by atoms with van der Waals surface area (Å²) < 4.78 is 40.1. The highest BCUT2D eigenvalue weighted by molar-refractivity contribution is 5.80. The zero-order chi connectivity index (χ0) is 21.8. The summed E-state index contributed by atoms with van der Waals surface area (Å²) in [6.45, 7) is 0.0378. The average molecular weight is 424 g/mol. The topological polar surface area (TPSA) is 86.5 Å². The van der Waals surface area contributed by atoms with Crippen molar-refractivity contribution >= 4 is 5.78 Å². The summed E-state index contributed by atoms with van der Waals surface area (Å²) in [6.07, 6.45) is 6.01. The van der Waals surface area contributed by atoms with Crippen molar-refractivity contribution in [3.05, 3.63) is 79.0 Å². The van der Waals surface area contributed by atoms with Crippen LogP contribution < -0.4 is 0 Å². The molecule has 0 atom stereocenters. The van der Waals surface area contributed by atoms with E-state index in [-0.39, 0.29) is 24.3 Å². The summed E-state index contributed by atoms with van der Waals surface area (Å²) in [4.78, 5) is 32.3. The van der Waals surface area contributed by atoms with Gasteiger partial charge in [-0.1, -0.05) is 6.07 Å². The monoisotopic (exact) mass is 424 g/mol. The van der Waals surface area contributed by atoms with E-state index in [0.29, 0.717) is 17.1 Å². The summed E-state index contributed by atoms with van der Waals surface area (Å²) in [7, 11) is 0. The number of Topliss-reactive ketones (excluding diaryl/α,β-unsaturated/α-hetero) is 1. The minimum Gasteiger partial charge on any atom is -0.329 e. The van der Waals surface area contributed by atoms with Crippen molar-refractivity contribution in [2.45, 2.75) is 19.1 Å². The Morgan fingerprint density at radius 2 is 1.77 bits per heavy atom. The Morgan fingerprint density at radius 3 is 2.48 bits per heavy atom. The van der Waals surface area contributed by atoms with E-state index in [9.17, 15) is 18.0 Å².